The minimum Gasteiger partial charge on any atom is -0.348 e. The molecule has 20 heavy (non-hydrogen) atoms. The first kappa shape index (κ1) is 17.1. The summed E-state index contributed by atoms with van der Waals surface area (Å²) in [6.45, 7) is 11.4. The van der Waals surface area contributed by atoms with E-state index in [1.807, 2.05) is 0 Å². The van der Waals surface area contributed by atoms with Gasteiger partial charge in [-0.15, -0.1) is 0 Å². The average molecular weight is 297 g/mol. The van der Waals surface area contributed by atoms with E-state index in [0.717, 1.165) is 48.0 Å². The predicted molar refractivity (Wildman–Crippen MR) is 87.3 cm³/mol. The van der Waals surface area contributed by atoms with E-state index < -0.39 is 0 Å². The number of thiazole rings is 1. The van der Waals surface area contributed by atoms with Gasteiger partial charge >= 0.3 is 0 Å². The lowest BCUT2D eigenvalue weighted by Crippen LogP contribution is -2.27. The molecular formula is C15H27N3OS. The van der Waals surface area contributed by atoms with Crippen molar-refractivity contribution < 1.29 is 4.79 Å². The van der Waals surface area contributed by atoms with Crippen molar-refractivity contribution in [3.63, 3.8) is 0 Å². The molecule has 114 valence electrons. The zero-order valence-corrected chi connectivity index (χ0v) is 14.4. The van der Waals surface area contributed by atoms with Gasteiger partial charge in [-0.05, 0) is 34.0 Å². The Bertz CT molecular complexity index is 435. The maximum absolute atomic E-state index is 11.2. The quantitative estimate of drug-likeness (QED) is 0.725. The van der Waals surface area contributed by atoms with Crippen LogP contribution in [0.1, 0.15) is 49.5 Å². The number of rotatable bonds is 7. The van der Waals surface area contributed by atoms with Crippen LogP contribution >= 0.6 is 11.3 Å². The largest absolute Gasteiger partial charge is 0.348 e. The summed E-state index contributed by atoms with van der Waals surface area (Å²) >= 11 is 1.51. The smallest absolute Gasteiger partial charge is 0.186 e. The molecule has 1 rings (SSSR count). The third kappa shape index (κ3) is 4.56. The summed E-state index contributed by atoms with van der Waals surface area (Å²) in [6, 6.07) is 0. The van der Waals surface area contributed by atoms with Crippen LogP contribution in [0.15, 0.2) is 0 Å². The molecule has 0 aliphatic carbocycles. The number of anilines is 1. The molecule has 1 aromatic rings. The van der Waals surface area contributed by atoms with Gasteiger partial charge in [0, 0.05) is 18.5 Å². The van der Waals surface area contributed by atoms with Crippen molar-refractivity contribution in [2.24, 2.45) is 0 Å². The van der Waals surface area contributed by atoms with Crippen molar-refractivity contribution in [3.8, 4) is 0 Å². The Balaban J connectivity index is 2.88. The Morgan fingerprint density at radius 3 is 2.30 bits per heavy atom. The molecule has 0 amide bonds. The third-order valence-electron chi connectivity index (χ3n) is 3.15. The first-order chi connectivity index (χ1) is 9.29. The van der Waals surface area contributed by atoms with Gasteiger partial charge in [-0.1, -0.05) is 32.1 Å². The average Bonchev–Trinajstić information content (AvgIpc) is 2.78. The fourth-order valence-electron chi connectivity index (χ4n) is 2.04. The first-order valence-corrected chi connectivity index (χ1v) is 7.97. The maximum atomic E-state index is 11.2. The van der Waals surface area contributed by atoms with Crippen molar-refractivity contribution in [2.45, 2.75) is 39.5 Å². The monoisotopic (exact) mass is 297 g/mol. The van der Waals surface area contributed by atoms with E-state index in [1.54, 1.807) is 0 Å². The standard InChI is InChI=1S/C15H27N3OS/c1-7-18(10-8-9-17(5)6)14-16-13(15(2,3)4)12(11-19)20-14/h11H,7-10H2,1-6H3. The van der Waals surface area contributed by atoms with Crippen LogP contribution in [-0.4, -0.2) is 49.9 Å². The minimum absolute atomic E-state index is 0.0892. The van der Waals surface area contributed by atoms with E-state index >= 15 is 0 Å². The summed E-state index contributed by atoms with van der Waals surface area (Å²) in [7, 11) is 4.17. The van der Waals surface area contributed by atoms with Crippen LogP contribution in [0.3, 0.4) is 0 Å². The Kier molecular flexibility index (Phi) is 6.14. The van der Waals surface area contributed by atoms with Gasteiger partial charge in [-0.25, -0.2) is 4.98 Å². The van der Waals surface area contributed by atoms with E-state index in [2.05, 4.69) is 51.6 Å². The lowest BCUT2D eigenvalue weighted by molar-refractivity contribution is 0.112. The highest BCUT2D eigenvalue weighted by Crippen LogP contribution is 2.32. The van der Waals surface area contributed by atoms with E-state index in [-0.39, 0.29) is 5.41 Å². The highest BCUT2D eigenvalue weighted by atomic mass is 32.1. The Morgan fingerprint density at radius 1 is 1.25 bits per heavy atom. The summed E-state index contributed by atoms with van der Waals surface area (Å²) in [5, 5.41) is 0.971. The fraction of sp³-hybridized carbons (Fsp3) is 0.733. The number of aromatic nitrogens is 1. The summed E-state index contributed by atoms with van der Waals surface area (Å²) in [5.74, 6) is 0. The highest BCUT2D eigenvalue weighted by molar-refractivity contribution is 7.17. The molecule has 0 aromatic carbocycles. The van der Waals surface area contributed by atoms with Crippen molar-refractivity contribution >= 4 is 22.8 Å². The van der Waals surface area contributed by atoms with E-state index in [0.29, 0.717) is 0 Å². The first-order valence-electron chi connectivity index (χ1n) is 7.15. The molecule has 1 aromatic heterocycles. The van der Waals surface area contributed by atoms with Crippen LogP contribution in [0, 0.1) is 0 Å². The second-order valence-electron chi connectivity index (χ2n) is 6.31. The Labute approximate surface area is 126 Å². The van der Waals surface area contributed by atoms with Gasteiger partial charge in [0.15, 0.2) is 11.4 Å². The number of hydrogen-bond acceptors (Lipinski definition) is 5. The van der Waals surface area contributed by atoms with Gasteiger partial charge in [0.05, 0.1) is 10.6 Å². The molecule has 0 aliphatic heterocycles. The van der Waals surface area contributed by atoms with Crippen molar-refractivity contribution in [1.82, 2.24) is 9.88 Å². The van der Waals surface area contributed by atoms with Gasteiger partial charge < -0.3 is 9.80 Å². The third-order valence-corrected chi connectivity index (χ3v) is 4.19. The predicted octanol–water partition coefficient (Wildman–Crippen LogP) is 3.03. The molecule has 0 aliphatic rings. The zero-order valence-electron chi connectivity index (χ0n) is 13.6. The second kappa shape index (κ2) is 7.18. The van der Waals surface area contributed by atoms with Crippen LogP contribution in [0.2, 0.25) is 0 Å². The van der Waals surface area contributed by atoms with Gasteiger partial charge in [-0.2, -0.15) is 0 Å². The van der Waals surface area contributed by atoms with E-state index in [1.165, 1.54) is 11.3 Å². The van der Waals surface area contributed by atoms with E-state index in [9.17, 15) is 4.79 Å². The van der Waals surface area contributed by atoms with Gasteiger partial charge in [0.2, 0.25) is 0 Å². The molecule has 4 nitrogen and oxygen atoms in total. The normalized spacial score (nSPS) is 11.9. The van der Waals surface area contributed by atoms with Crippen LogP contribution in [0.5, 0.6) is 0 Å². The number of aldehydes is 1. The topological polar surface area (TPSA) is 36.4 Å². The van der Waals surface area contributed by atoms with Crippen molar-refractivity contribution in [3.05, 3.63) is 10.6 Å². The number of carbonyl (C=O) groups excluding carboxylic acids is 1. The maximum Gasteiger partial charge on any atom is 0.186 e. The van der Waals surface area contributed by atoms with Gasteiger partial charge in [0.25, 0.3) is 0 Å². The molecule has 0 fully saturated rings. The number of carbonyl (C=O) groups is 1. The van der Waals surface area contributed by atoms with Crippen LogP contribution in [0.25, 0.3) is 0 Å². The molecule has 0 N–H and O–H groups in total. The van der Waals surface area contributed by atoms with Gasteiger partial charge in [0.1, 0.15) is 0 Å². The molecular weight excluding hydrogens is 270 g/mol. The minimum atomic E-state index is -0.0892. The number of nitrogens with zero attached hydrogens (tertiary/aromatic N) is 3. The van der Waals surface area contributed by atoms with Crippen molar-refractivity contribution in [2.75, 3.05) is 38.6 Å². The molecule has 0 saturated carbocycles. The molecule has 0 bridgehead atoms. The van der Waals surface area contributed by atoms with Gasteiger partial charge in [-0.3, -0.25) is 4.79 Å². The second-order valence-corrected chi connectivity index (χ2v) is 7.32. The molecule has 0 unspecified atom stereocenters. The SMILES string of the molecule is CCN(CCCN(C)C)c1nc(C(C)(C)C)c(C=O)s1. The highest BCUT2D eigenvalue weighted by Gasteiger charge is 2.24. The summed E-state index contributed by atoms with van der Waals surface area (Å²) in [6.07, 6.45) is 2.04. The molecule has 5 heteroatoms. The summed E-state index contributed by atoms with van der Waals surface area (Å²) in [5.41, 5.74) is 0.826. The molecule has 0 spiro atoms. The van der Waals surface area contributed by atoms with Crippen molar-refractivity contribution in [1.29, 1.82) is 0 Å². The van der Waals surface area contributed by atoms with Crippen LogP contribution < -0.4 is 4.90 Å². The lowest BCUT2D eigenvalue weighted by atomic mass is 9.91. The fourth-order valence-corrected chi connectivity index (χ4v) is 3.22. The molecule has 1 heterocycles. The summed E-state index contributed by atoms with van der Waals surface area (Å²) in [4.78, 5) is 21.2. The number of hydrogen-bond donors (Lipinski definition) is 0. The zero-order chi connectivity index (χ0) is 15.3. The Morgan fingerprint density at radius 2 is 1.90 bits per heavy atom. The summed E-state index contributed by atoms with van der Waals surface area (Å²) < 4.78 is 0. The van der Waals surface area contributed by atoms with Crippen LogP contribution in [0.4, 0.5) is 5.13 Å². The van der Waals surface area contributed by atoms with Crippen LogP contribution in [-0.2, 0) is 5.41 Å². The molecule has 0 saturated heterocycles. The lowest BCUT2D eigenvalue weighted by Gasteiger charge is -2.21. The molecule has 0 atom stereocenters. The Hall–Kier alpha value is -0.940. The molecule has 0 radical (unpaired) electrons. The van der Waals surface area contributed by atoms with E-state index in [4.69, 9.17) is 4.98 Å².